The average Bonchev–Trinajstić information content (AvgIpc) is 3.98. The van der Waals surface area contributed by atoms with Gasteiger partial charge in [0.2, 0.25) is 0 Å². The number of nitrogens with zero attached hydrogens (tertiary/aromatic N) is 6. The number of nitrogens with one attached hydrogen (secondary N) is 2. The number of fused-ring (bicyclic) bond motifs is 4. The van der Waals surface area contributed by atoms with Crippen LogP contribution in [0.4, 0.5) is 11.4 Å². The number of hydrogen-bond donors (Lipinski definition) is 2. The molecule has 3 aliphatic heterocycles. The monoisotopic (exact) mass is 784 g/mol. The van der Waals surface area contributed by atoms with Gasteiger partial charge in [0.1, 0.15) is 0 Å². The van der Waals surface area contributed by atoms with Crippen LogP contribution in [-0.2, 0) is 44.8 Å². The maximum atomic E-state index is 13.7. The number of anilines is 2. The Morgan fingerprint density at radius 1 is 0.800 bits per heavy atom. The van der Waals surface area contributed by atoms with E-state index in [4.69, 9.17) is 37.9 Å². The van der Waals surface area contributed by atoms with E-state index in [1.165, 1.54) is 38.5 Å². The van der Waals surface area contributed by atoms with Crippen LogP contribution < -0.4 is 10.6 Å². The second-order valence-corrected chi connectivity index (χ2v) is 17.3. The van der Waals surface area contributed by atoms with Gasteiger partial charge in [-0.05, 0) is 81.4 Å². The van der Waals surface area contributed by atoms with E-state index < -0.39 is 0 Å². The van der Waals surface area contributed by atoms with Crippen molar-refractivity contribution < 1.29 is 14.3 Å². The van der Waals surface area contributed by atoms with E-state index in [1.807, 2.05) is 47.5 Å². The highest BCUT2D eigenvalue weighted by molar-refractivity contribution is 6.40. The van der Waals surface area contributed by atoms with Crippen molar-refractivity contribution in [2.24, 2.45) is 25.4 Å². The minimum atomic E-state index is -0.331. The van der Waals surface area contributed by atoms with E-state index in [9.17, 15) is 9.59 Å². The molecule has 11 nitrogen and oxygen atoms in total. The summed E-state index contributed by atoms with van der Waals surface area (Å²) in [5.41, 5.74) is 6.88. The second-order valence-electron chi connectivity index (χ2n) is 16.5. The van der Waals surface area contributed by atoms with Gasteiger partial charge < -0.3 is 24.5 Å². The smallest absolute Gasteiger partial charge is 0.291 e. The molecule has 3 fully saturated rings. The van der Waals surface area contributed by atoms with Crippen molar-refractivity contribution in [3.63, 3.8) is 0 Å². The van der Waals surface area contributed by atoms with Crippen LogP contribution in [0.15, 0.2) is 36.4 Å². The lowest BCUT2D eigenvalue weighted by Gasteiger charge is -2.36. The molecule has 290 valence electrons. The summed E-state index contributed by atoms with van der Waals surface area (Å²) in [7, 11) is 3.82. The fraction of sp³-hybridized carbons (Fsp3) is 0.524. The summed E-state index contributed by atoms with van der Waals surface area (Å²) in [5.74, 6) is 1.04. The second kappa shape index (κ2) is 15.0. The predicted molar refractivity (Wildman–Crippen MR) is 215 cm³/mol. The minimum absolute atomic E-state index is 0.315. The first-order valence-corrected chi connectivity index (χ1v) is 20.7. The third-order valence-electron chi connectivity index (χ3n) is 13.4. The Morgan fingerprint density at radius 3 is 1.93 bits per heavy atom. The molecule has 2 amide bonds. The number of aromatic nitrogens is 4. The molecule has 0 unspecified atom stereocenters. The van der Waals surface area contributed by atoms with Gasteiger partial charge in [-0.15, -0.1) is 0 Å². The molecular formula is C42H50Cl2N8O3. The van der Waals surface area contributed by atoms with Gasteiger partial charge in [-0.3, -0.25) is 19.4 Å². The van der Waals surface area contributed by atoms with Crippen molar-refractivity contribution in [3.05, 3.63) is 80.9 Å². The van der Waals surface area contributed by atoms with Crippen LogP contribution in [0.3, 0.4) is 0 Å². The molecule has 0 spiro atoms. The molecule has 0 atom stereocenters. The zero-order valence-corrected chi connectivity index (χ0v) is 33.3. The average molecular weight is 786 g/mol. The van der Waals surface area contributed by atoms with Crippen molar-refractivity contribution in [1.29, 1.82) is 0 Å². The number of carbonyl (C=O) groups is 2. The number of rotatable bonds is 9. The zero-order chi connectivity index (χ0) is 37.8. The maximum Gasteiger partial charge on any atom is 0.291 e. The highest BCUT2D eigenvalue weighted by Crippen LogP contribution is 2.56. The van der Waals surface area contributed by atoms with Gasteiger partial charge in [0.15, 0.2) is 11.6 Å². The van der Waals surface area contributed by atoms with Crippen LogP contribution in [0, 0.1) is 11.3 Å². The highest BCUT2D eigenvalue weighted by atomic mass is 35.5. The molecule has 5 aliphatic rings. The summed E-state index contributed by atoms with van der Waals surface area (Å²) < 4.78 is 9.40. The number of imidazole rings is 2. The largest absolute Gasteiger partial charge is 0.381 e. The number of halogens is 2. The van der Waals surface area contributed by atoms with Crippen molar-refractivity contribution in [2.75, 3.05) is 43.5 Å². The lowest BCUT2D eigenvalue weighted by atomic mass is 9.81. The topological polar surface area (TPSA) is 110 Å². The predicted octanol–water partition coefficient (Wildman–Crippen LogP) is 7.50. The summed E-state index contributed by atoms with van der Waals surface area (Å²) in [6.07, 6.45) is 12.1. The number of hydrogen-bond acceptors (Lipinski definition) is 7. The van der Waals surface area contributed by atoms with E-state index in [-0.39, 0.29) is 11.8 Å². The Balaban J connectivity index is 0.877. The Bertz CT molecular complexity index is 2130. The minimum Gasteiger partial charge on any atom is -0.381 e. The molecule has 0 radical (unpaired) electrons. The summed E-state index contributed by atoms with van der Waals surface area (Å²) >= 11 is 14.0. The van der Waals surface area contributed by atoms with Gasteiger partial charge in [-0.25, -0.2) is 9.97 Å². The van der Waals surface area contributed by atoms with Crippen LogP contribution in [-0.4, -0.2) is 79.6 Å². The molecule has 4 aromatic rings. The summed E-state index contributed by atoms with van der Waals surface area (Å²) in [6, 6.07) is 11.4. The van der Waals surface area contributed by atoms with Gasteiger partial charge >= 0.3 is 0 Å². The van der Waals surface area contributed by atoms with Gasteiger partial charge in [0.05, 0.1) is 32.8 Å². The van der Waals surface area contributed by atoms with E-state index >= 15 is 0 Å². The first kappa shape index (κ1) is 36.9. The normalized spacial score (nSPS) is 22.8. The summed E-state index contributed by atoms with van der Waals surface area (Å²) in [5, 5.41) is 6.70. The Hall–Kier alpha value is -3.74. The lowest BCUT2D eigenvalue weighted by molar-refractivity contribution is 0.0283. The van der Waals surface area contributed by atoms with Crippen molar-refractivity contribution in [2.45, 2.75) is 83.3 Å². The summed E-state index contributed by atoms with van der Waals surface area (Å²) in [6.45, 7) is 6.11. The van der Waals surface area contributed by atoms with Crippen LogP contribution in [0.2, 0.25) is 10.0 Å². The molecule has 2 N–H and O–H groups in total. The third kappa shape index (κ3) is 7.01. The van der Waals surface area contributed by atoms with Gasteiger partial charge in [0.25, 0.3) is 11.8 Å². The van der Waals surface area contributed by atoms with Gasteiger partial charge in [-0.1, -0.05) is 47.5 Å². The van der Waals surface area contributed by atoms with Crippen LogP contribution >= 0.6 is 23.2 Å². The number of amides is 2. The quantitative estimate of drug-likeness (QED) is 0.181. The molecular weight excluding hydrogens is 735 g/mol. The SMILES string of the molecule is Cn1c(C(=O)Nc2cccc(-c3cccc(NC(=O)c4nc5c(n4C)CCN(C4CCOCC4)C5)c3Cl)c2Cl)nc2c1CCN(CCC13CCC(CC1)C3)C2. The lowest BCUT2D eigenvalue weighted by Crippen LogP contribution is -2.42. The van der Waals surface area contributed by atoms with Crippen LogP contribution in [0.1, 0.15) is 95.4 Å². The Morgan fingerprint density at radius 2 is 1.36 bits per heavy atom. The molecule has 2 aliphatic carbocycles. The standard InChI is InChI=1S/C42H50Cl2N8O3/c1-49-34-11-18-51(20-17-42-15-9-26(23-42)10-16-42)24-32(34)45-38(49)40(53)47-30-7-3-5-28(36(30)43)29-6-4-8-31(37(29)44)48-41(54)39-46-33-25-52(19-12-35(33)50(39)2)27-13-21-55-22-14-27/h3-8,26-27H,9-25H2,1-2H3,(H,47,53)(H,48,54). The van der Waals surface area contributed by atoms with E-state index in [0.717, 1.165) is 100 Å². The van der Waals surface area contributed by atoms with Gasteiger partial charge in [-0.2, -0.15) is 0 Å². The van der Waals surface area contributed by atoms with Crippen LogP contribution in [0.25, 0.3) is 11.1 Å². The fourth-order valence-corrected chi connectivity index (χ4v) is 10.7. The summed E-state index contributed by atoms with van der Waals surface area (Å²) in [4.78, 5) is 42.1. The maximum absolute atomic E-state index is 13.7. The molecule has 2 aromatic heterocycles. The van der Waals surface area contributed by atoms with E-state index in [1.54, 1.807) is 12.1 Å². The highest BCUT2D eigenvalue weighted by Gasteiger charge is 2.44. The number of carbonyl (C=O) groups excluding carboxylic acids is 2. The van der Waals surface area contributed by atoms with Crippen LogP contribution in [0.5, 0.6) is 0 Å². The molecule has 55 heavy (non-hydrogen) atoms. The molecule has 13 heteroatoms. The fourth-order valence-electron chi connectivity index (χ4n) is 10.2. The van der Waals surface area contributed by atoms with Crippen molar-refractivity contribution >= 4 is 46.4 Å². The van der Waals surface area contributed by atoms with Crippen molar-refractivity contribution in [1.82, 2.24) is 28.9 Å². The molecule has 2 aromatic carbocycles. The number of ether oxygens (including phenoxy) is 1. The third-order valence-corrected chi connectivity index (χ3v) is 14.2. The molecule has 9 rings (SSSR count). The first-order chi connectivity index (χ1) is 26.7. The van der Waals surface area contributed by atoms with Crippen molar-refractivity contribution in [3.8, 4) is 11.1 Å². The van der Waals surface area contributed by atoms with Gasteiger partial charge in [0, 0.05) is 94.9 Å². The zero-order valence-electron chi connectivity index (χ0n) is 31.8. The Kier molecular flexibility index (Phi) is 10.0. The molecule has 1 saturated heterocycles. The van der Waals surface area contributed by atoms with E-state index in [2.05, 4.69) is 20.4 Å². The number of benzene rings is 2. The molecule has 5 heterocycles. The Labute approximate surface area is 332 Å². The van der Waals surface area contributed by atoms with E-state index in [0.29, 0.717) is 55.7 Å². The molecule has 2 bridgehead atoms. The first-order valence-electron chi connectivity index (χ1n) is 20.0. The molecule has 2 saturated carbocycles.